The summed E-state index contributed by atoms with van der Waals surface area (Å²) in [6.07, 6.45) is 0.649. The van der Waals surface area contributed by atoms with Gasteiger partial charge < -0.3 is 19.9 Å². The largest absolute Gasteiger partial charge is 0.493 e. The van der Waals surface area contributed by atoms with E-state index in [9.17, 15) is 14.7 Å². The number of benzene rings is 1. The number of carboxylic acids is 1. The number of carboxylic acid groups (broad SMARTS) is 1. The summed E-state index contributed by atoms with van der Waals surface area (Å²) in [6, 6.07) is 4.46. The second-order valence-corrected chi connectivity index (χ2v) is 7.18. The topological polar surface area (TPSA) is 97.8 Å². The van der Waals surface area contributed by atoms with E-state index in [1.54, 1.807) is 40.2 Å². The molecule has 0 aliphatic carbocycles. The van der Waals surface area contributed by atoms with E-state index in [2.05, 4.69) is 10.3 Å². The van der Waals surface area contributed by atoms with E-state index in [4.69, 9.17) is 9.47 Å². The maximum Gasteiger partial charge on any atom is 0.326 e. The molecule has 0 bridgehead atoms. The number of hydrogen-bond acceptors (Lipinski definition) is 6. The molecule has 2 unspecified atom stereocenters. The molecule has 2 aromatic rings. The molecule has 0 spiro atoms. The summed E-state index contributed by atoms with van der Waals surface area (Å²) in [5.74, 6) is -0.476. The van der Waals surface area contributed by atoms with Crippen LogP contribution in [0.25, 0.3) is 10.6 Å². The van der Waals surface area contributed by atoms with Gasteiger partial charge in [-0.1, -0.05) is 20.3 Å². The quantitative estimate of drug-likeness (QED) is 0.715. The lowest BCUT2D eigenvalue weighted by Crippen LogP contribution is -2.44. The molecular weight excluding hydrogens is 368 g/mol. The van der Waals surface area contributed by atoms with Crippen molar-refractivity contribution in [1.29, 1.82) is 0 Å². The molecule has 1 heterocycles. The van der Waals surface area contributed by atoms with Gasteiger partial charge in [-0.2, -0.15) is 0 Å². The molecule has 0 radical (unpaired) electrons. The fourth-order valence-corrected chi connectivity index (χ4v) is 3.56. The Hall–Kier alpha value is -2.61. The van der Waals surface area contributed by atoms with Crippen molar-refractivity contribution in [3.8, 4) is 22.1 Å². The number of methoxy groups -OCH3 is 2. The van der Waals surface area contributed by atoms with Crippen LogP contribution in [0.2, 0.25) is 0 Å². The molecule has 1 aromatic heterocycles. The van der Waals surface area contributed by atoms with Crippen LogP contribution in [0.3, 0.4) is 0 Å². The molecule has 0 aliphatic rings. The van der Waals surface area contributed by atoms with Gasteiger partial charge in [0.25, 0.3) is 5.91 Å². The number of nitrogens with one attached hydrogen (secondary N) is 1. The summed E-state index contributed by atoms with van der Waals surface area (Å²) in [6.45, 7) is 5.42. The number of thiazole rings is 1. The van der Waals surface area contributed by atoms with Crippen molar-refractivity contribution >= 4 is 23.2 Å². The first-order chi connectivity index (χ1) is 12.8. The summed E-state index contributed by atoms with van der Waals surface area (Å²) in [5, 5.41) is 12.6. The predicted molar refractivity (Wildman–Crippen MR) is 104 cm³/mol. The Balaban J connectivity index is 2.30. The van der Waals surface area contributed by atoms with Crippen LogP contribution >= 0.6 is 11.3 Å². The van der Waals surface area contributed by atoms with Gasteiger partial charge in [-0.15, -0.1) is 11.3 Å². The van der Waals surface area contributed by atoms with Gasteiger partial charge in [-0.3, -0.25) is 4.79 Å². The molecule has 2 N–H and O–H groups in total. The number of ether oxygens (including phenoxy) is 2. The molecule has 0 saturated heterocycles. The highest BCUT2D eigenvalue weighted by Crippen LogP contribution is 2.35. The average molecular weight is 392 g/mol. The van der Waals surface area contributed by atoms with E-state index >= 15 is 0 Å². The van der Waals surface area contributed by atoms with Gasteiger partial charge in [-0.05, 0) is 31.0 Å². The molecule has 0 aliphatic heterocycles. The van der Waals surface area contributed by atoms with Crippen LogP contribution in [0.4, 0.5) is 0 Å². The van der Waals surface area contributed by atoms with E-state index in [-0.39, 0.29) is 5.92 Å². The molecule has 2 rings (SSSR count). The zero-order chi connectivity index (χ0) is 20.1. The number of aryl methyl sites for hydroxylation is 1. The average Bonchev–Trinajstić information content (AvgIpc) is 3.06. The maximum atomic E-state index is 12.6. The van der Waals surface area contributed by atoms with E-state index in [1.807, 2.05) is 13.0 Å². The fourth-order valence-electron chi connectivity index (χ4n) is 2.59. The van der Waals surface area contributed by atoms with Crippen LogP contribution < -0.4 is 14.8 Å². The minimum Gasteiger partial charge on any atom is -0.493 e. The molecule has 8 heteroatoms. The number of carbonyl (C=O) groups excluding carboxylic acids is 1. The third-order valence-corrected chi connectivity index (χ3v) is 5.60. The molecular formula is C19H24N2O5S. The molecule has 7 nitrogen and oxygen atoms in total. The van der Waals surface area contributed by atoms with Gasteiger partial charge in [0.05, 0.1) is 19.9 Å². The molecule has 27 heavy (non-hydrogen) atoms. The Bertz CT molecular complexity index is 834. The normalized spacial score (nSPS) is 12.9. The first kappa shape index (κ1) is 20.7. The third-order valence-electron chi connectivity index (χ3n) is 4.40. The fraction of sp³-hybridized carbons (Fsp3) is 0.421. The first-order valence-electron chi connectivity index (χ1n) is 8.55. The molecule has 1 aromatic carbocycles. The summed E-state index contributed by atoms with van der Waals surface area (Å²) in [5.41, 5.74) is 1.34. The van der Waals surface area contributed by atoms with Crippen LogP contribution in [-0.4, -0.2) is 42.2 Å². The zero-order valence-electron chi connectivity index (χ0n) is 16.0. The Kier molecular flexibility index (Phi) is 6.79. The van der Waals surface area contributed by atoms with Crippen molar-refractivity contribution in [3.63, 3.8) is 0 Å². The predicted octanol–water partition coefficient (Wildman–Crippen LogP) is 3.36. The highest BCUT2D eigenvalue weighted by molar-refractivity contribution is 7.17. The molecule has 0 fully saturated rings. The van der Waals surface area contributed by atoms with Gasteiger partial charge in [0.15, 0.2) is 11.5 Å². The van der Waals surface area contributed by atoms with Crippen LogP contribution in [-0.2, 0) is 4.79 Å². The van der Waals surface area contributed by atoms with Gasteiger partial charge in [-0.25, -0.2) is 9.78 Å². The lowest BCUT2D eigenvalue weighted by molar-refractivity contribution is -0.140. The Morgan fingerprint density at radius 3 is 2.48 bits per heavy atom. The van der Waals surface area contributed by atoms with Gasteiger partial charge in [0.1, 0.15) is 15.9 Å². The zero-order valence-corrected chi connectivity index (χ0v) is 16.8. The second kappa shape index (κ2) is 8.85. The Labute approximate surface area is 162 Å². The highest BCUT2D eigenvalue weighted by Gasteiger charge is 2.27. The number of aliphatic carboxylic acids is 1. The summed E-state index contributed by atoms with van der Waals surface area (Å²) >= 11 is 1.21. The smallest absolute Gasteiger partial charge is 0.326 e. The van der Waals surface area contributed by atoms with Crippen molar-refractivity contribution in [3.05, 3.63) is 28.8 Å². The summed E-state index contributed by atoms with van der Waals surface area (Å²) < 4.78 is 10.5. The van der Waals surface area contributed by atoms with Gasteiger partial charge >= 0.3 is 5.97 Å². The number of rotatable bonds is 8. The number of amides is 1. The monoisotopic (exact) mass is 392 g/mol. The highest BCUT2D eigenvalue weighted by atomic mass is 32.1. The molecule has 146 valence electrons. The van der Waals surface area contributed by atoms with Crippen LogP contribution in [0, 0.1) is 12.8 Å². The van der Waals surface area contributed by atoms with E-state index in [0.29, 0.717) is 33.5 Å². The number of nitrogens with zero attached hydrogens (tertiary/aromatic N) is 1. The standard InChI is InChI=1S/C19H24N2O5S/c1-6-10(2)15(19(23)24)21-17(22)16-11(3)20-18(27-16)12-7-8-13(25-4)14(9-12)26-5/h7-10,15H,6H2,1-5H3,(H,21,22)(H,23,24). The molecule has 2 atom stereocenters. The van der Waals surface area contributed by atoms with Crippen molar-refractivity contribution in [1.82, 2.24) is 10.3 Å². The number of hydrogen-bond donors (Lipinski definition) is 2. The van der Waals surface area contributed by atoms with Crippen LogP contribution in [0.1, 0.15) is 35.6 Å². The van der Waals surface area contributed by atoms with Crippen LogP contribution in [0.5, 0.6) is 11.5 Å². The van der Waals surface area contributed by atoms with E-state index < -0.39 is 17.9 Å². The molecule has 0 saturated carbocycles. The van der Waals surface area contributed by atoms with Crippen molar-refractivity contribution < 1.29 is 24.2 Å². The van der Waals surface area contributed by atoms with Gasteiger partial charge in [0.2, 0.25) is 0 Å². The number of carbonyl (C=O) groups is 2. The maximum absolute atomic E-state index is 12.6. The third kappa shape index (κ3) is 4.57. The number of aromatic nitrogens is 1. The second-order valence-electron chi connectivity index (χ2n) is 6.18. The van der Waals surface area contributed by atoms with Crippen molar-refractivity contribution in [2.24, 2.45) is 5.92 Å². The van der Waals surface area contributed by atoms with Crippen molar-refractivity contribution in [2.45, 2.75) is 33.2 Å². The molecule has 1 amide bonds. The first-order valence-corrected chi connectivity index (χ1v) is 9.37. The minimum absolute atomic E-state index is 0.176. The lowest BCUT2D eigenvalue weighted by Gasteiger charge is -2.19. The van der Waals surface area contributed by atoms with E-state index in [1.165, 1.54) is 11.3 Å². The Morgan fingerprint density at radius 2 is 1.93 bits per heavy atom. The van der Waals surface area contributed by atoms with E-state index in [0.717, 1.165) is 5.56 Å². The SMILES string of the molecule is CCC(C)C(NC(=O)c1sc(-c2ccc(OC)c(OC)c2)nc1C)C(=O)O. The summed E-state index contributed by atoms with van der Waals surface area (Å²) in [7, 11) is 3.11. The minimum atomic E-state index is -1.04. The lowest BCUT2D eigenvalue weighted by atomic mass is 9.99. The van der Waals surface area contributed by atoms with Crippen LogP contribution in [0.15, 0.2) is 18.2 Å². The summed E-state index contributed by atoms with van der Waals surface area (Å²) in [4.78, 5) is 28.9. The Morgan fingerprint density at radius 1 is 1.26 bits per heavy atom. The van der Waals surface area contributed by atoms with Gasteiger partial charge in [0, 0.05) is 5.56 Å². The van der Waals surface area contributed by atoms with Crippen molar-refractivity contribution in [2.75, 3.05) is 14.2 Å².